The monoisotopic (exact) mass is 290 g/mol. The van der Waals surface area contributed by atoms with Crippen LogP contribution in [0.2, 0.25) is 5.15 Å². The second-order valence-electron chi connectivity index (χ2n) is 4.40. The standard InChI is InChI=1S/C12H13ClF2N2O2/c1-19-11(18)8-6-16-10(13)5-9(8)17-4-2-3-12(14,15)7-17/h5-6H,2-4,7H2,1H3. The summed E-state index contributed by atoms with van der Waals surface area (Å²) in [7, 11) is 1.23. The number of pyridine rings is 1. The van der Waals surface area contributed by atoms with E-state index in [1.165, 1.54) is 24.3 Å². The topological polar surface area (TPSA) is 42.4 Å². The summed E-state index contributed by atoms with van der Waals surface area (Å²) in [6, 6.07) is 1.41. The Balaban J connectivity index is 2.37. The zero-order valence-electron chi connectivity index (χ0n) is 10.3. The van der Waals surface area contributed by atoms with Crippen LogP contribution < -0.4 is 4.90 Å². The van der Waals surface area contributed by atoms with Crippen LogP contribution in [0.5, 0.6) is 0 Å². The summed E-state index contributed by atoms with van der Waals surface area (Å²) in [5, 5.41) is 0.150. The Morgan fingerprint density at radius 2 is 2.32 bits per heavy atom. The maximum Gasteiger partial charge on any atom is 0.341 e. The molecule has 7 heteroatoms. The highest BCUT2D eigenvalue weighted by Crippen LogP contribution is 2.32. The third kappa shape index (κ3) is 3.12. The maximum atomic E-state index is 13.4. The van der Waals surface area contributed by atoms with Crippen molar-refractivity contribution in [2.24, 2.45) is 0 Å². The van der Waals surface area contributed by atoms with Gasteiger partial charge in [-0.25, -0.2) is 18.6 Å². The SMILES string of the molecule is COC(=O)c1cnc(Cl)cc1N1CCCC(F)(F)C1. The Morgan fingerprint density at radius 1 is 1.58 bits per heavy atom. The van der Waals surface area contributed by atoms with Gasteiger partial charge >= 0.3 is 5.97 Å². The molecule has 0 amide bonds. The number of alkyl halides is 2. The summed E-state index contributed by atoms with van der Waals surface area (Å²) in [6.45, 7) is 0.0112. The zero-order chi connectivity index (χ0) is 14.0. The van der Waals surface area contributed by atoms with Crippen molar-refractivity contribution in [1.29, 1.82) is 0 Å². The Hall–Kier alpha value is -1.43. The third-order valence-electron chi connectivity index (χ3n) is 2.99. The molecular formula is C12H13ClF2N2O2. The largest absolute Gasteiger partial charge is 0.465 e. The summed E-state index contributed by atoms with van der Waals surface area (Å²) in [4.78, 5) is 16.9. The Bertz CT molecular complexity index is 497. The minimum absolute atomic E-state index is 0.143. The van der Waals surface area contributed by atoms with Crippen molar-refractivity contribution in [2.75, 3.05) is 25.1 Å². The molecule has 0 aliphatic carbocycles. The number of halogens is 3. The summed E-state index contributed by atoms with van der Waals surface area (Å²) in [6.07, 6.45) is 1.46. The molecule has 2 heterocycles. The fourth-order valence-corrected chi connectivity index (χ4v) is 2.27. The van der Waals surface area contributed by atoms with Crippen molar-refractivity contribution in [3.05, 3.63) is 23.0 Å². The zero-order valence-corrected chi connectivity index (χ0v) is 11.1. The maximum absolute atomic E-state index is 13.4. The molecule has 0 unspecified atom stereocenters. The molecule has 0 bridgehead atoms. The lowest BCUT2D eigenvalue weighted by Gasteiger charge is -2.34. The predicted molar refractivity (Wildman–Crippen MR) is 67.0 cm³/mol. The van der Waals surface area contributed by atoms with E-state index in [-0.39, 0.29) is 17.1 Å². The van der Waals surface area contributed by atoms with Gasteiger partial charge in [-0.3, -0.25) is 0 Å². The van der Waals surface area contributed by atoms with E-state index in [1.807, 2.05) is 0 Å². The molecule has 0 saturated carbocycles. The van der Waals surface area contributed by atoms with E-state index in [0.717, 1.165) is 0 Å². The molecule has 1 saturated heterocycles. The molecule has 0 atom stereocenters. The number of rotatable bonds is 2. The first-order valence-corrected chi connectivity index (χ1v) is 6.17. The minimum atomic E-state index is -2.76. The number of carbonyl (C=O) groups excluding carboxylic acids is 1. The first-order chi connectivity index (χ1) is 8.93. The number of anilines is 1. The molecule has 0 aromatic carbocycles. The van der Waals surface area contributed by atoms with E-state index in [0.29, 0.717) is 18.7 Å². The van der Waals surface area contributed by atoms with Crippen LogP contribution in [0.3, 0.4) is 0 Å². The van der Waals surface area contributed by atoms with Gasteiger partial charge in [-0.1, -0.05) is 11.6 Å². The average Bonchev–Trinajstić information content (AvgIpc) is 2.36. The predicted octanol–water partition coefficient (Wildman–Crippen LogP) is 2.76. The lowest BCUT2D eigenvalue weighted by molar-refractivity contribution is -0.0117. The molecule has 1 aliphatic rings. The lowest BCUT2D eigenvalue weighted by Crippen LogP contribution is -2.43. The van der Waals surface area contributed by atoms with Gasteiger partial charge in [-0.05, 0) is 12.5 Å². The molecule has 0 radical (unpaired) electrons. The van der Waals surface area contributed by atoms with Crippen LogP contribution in [0, 0.1) is 0 Å². The highest BCUT2D eigenvalue weighted by atomic mass is 35.5. The molecular weight excluding hydrogens is 278 g/mol. The number of ether oxygens (including phenoxy) is 1. The molecule has 1 aromatic rings. The van der Waals surface area contributed by atoms with Gasteiger partial charge < -0.3 is 9.64 Å². The number of hydrogen-bond acceptors (Lipinski definition) is 4. The highest BCUT2D eigenvalue weighted by Gasteiger charge is 2.36. The Kier molecular flexibility index (Phi) is 3.89. The van der Waals surface area contributed by atoms with Crippen LogP contribution in [-0.2, 0) is 4.74 Å². The summed E-state index contributed by atoms with van der Waals surface area (Å²) in [5.41, 5.74) is 0.482. The van der Waals surface area contributed by atoms with Gasteiger partial charge in [0.25, 0.3) is 5.92 Å². The van der Waals surface area contributed by atoms with Crippen molar-refractivity contribution in [3.8, 4) is 0 Å². The highest BCUT2D eigenvalue weighted by molar-refractivity contribution is 6.29. The molecule has 104 valence electrons. The van der Waals surface area contributed by atoms with Crippen LogP contribution in [0.15, 0.2) is 12.3 Å². The Labute approximate surface area is 114 Å². The molecule has 2 rings (SSSR count). The minimum Gasteiger partial charge on any atom is -0.465 e. The number of methoxy groups -OCH3 is 1. The number of aromatic nitrogens is 1. The molecule has 1 fully saturated rings. The van der Waals surface area contributed by atoms with E-state index in [2.05, 4.69) is 9.72 Å². The molecule has 1 aliphatic heterocycles. The van der Waals surface area contributed by atoms with Gasteiger partial charge in [-0.2, -0.15) is 0 Å². The summed E-state index contributed by atoms with van der Waals surface area (Å²) >= 11 is 5.78. The van der Waals surface area contributed by atoms with Crippen LogP contribution in [0.1, 0.15) is 23.2 Å². The van der Waals surface area contributed by atoms with Gasteiger partial charge in [0.2, 0.25) is 0 Å². The van der Waals surface area contributed by atoms with Crippen LogP contribution in [-0.4, -0.2) is 37.1 Å². The molecule has 0 N–H and O–H groups in total. The molecule has 19 heavy (non-hydrogen) atoms. The van der Waals surface area contributed by atoms with Crippen molar-refractivity contribution in [3.63, 3.8) is 0 Å². The van der Waals surface area contributed by atoms with E-state index >= 15 is 0 Å². The van der Waals surface area contributed by atoms with Crippen LogP contribution >= 0.6 is 11.6 Å². The Morgan fingerprint density at radius 3 is 2.95 bits per heavy atom. The third-order valence-corrected chi connectivity index (χ3v) is 3.19. The van der Waals surface area contributed by atoms with Gasteiger partial charge in [-0.15, -0.1) is 0 Å². The lowest BCUT2D eigenvalue weighted by atomic mass is 10.1. The van der Waals surface area contributed by atoms with E-state index in [1.54, 1.807) is 0 Å². The first-order valence-electron chi connectivity index (χ1n) is 5.79. The fraction of sp³-hybridized carbons (Fsp3) is 0.500. The van der Waals surface area contributed by atoms with Crippen molar-refractivity contribution < 1.29 is 18.3 Å². The normalized spacial score (nSPS) is 18.2. The van der Waals surface area contributed by atoms with Crippen molar-refractivity contribution in [1.82, 2.24) is 4.98 Å². The smallest absolute Gasteiger partial charge is 0.341 e. The second kappa shape index (κ2) is 5.28. The molecule has 1 aromatic heterocycles. The van der Waals surface area contributed by atoms with E-state index in [9.17, 15) is 13.6 Å². The average molecular weight is 291 g/mol. The number of nitrogens with zero attached hydrogens (tertiary/aromatic N) is 2. The summed E-state index contributed by atoms with van der Waals surface area (Å²) in [5.74, 6) is -3.38. The van der Waals surface area contributed by atoms with Crippen molar-refractivity contribution >= 4 is 23.3 Å². The van der Waals surface area contributed by atoms with E-state index < -0.39 is 18.4 Å². The number of carbonyl (C=O) groups is 1. The number of esters is 1. The number of hydrogen-bond donors (Lipinski definition) is 0. The fourth-order valence-electron chi connectivity index (χ4n) is 2.12. The van der Waals surface area contributed by atoms with Gasteiger partial charge in [0.15, 0.2) is 0 Å². The molecule has 4 nitrogen and oxygen atoms in total. The van der Waals surface area contributed by atoms with E-state index in [4.69, 9.17) is 11.6 Å². The van der Waals surface area contributed by atoms with Gasteiger partial charge in [0.1, 0.15) is 10.7 Å². The molecule has 0 spiro atoms. The first kappa shape index (κ1) is 14.0. The van der Waals surface area contributed by atoms with Crippen LogP contribution in [0.4, 0.5) is 14.5 Å². The van der Waals surface area contributed by atoms with Gasteiger partial charge in [0, 0.05) is 19.2 Å². The number of piperidine rings is 1. The summed E-state index contributed by atoms with van der Waals surface area (Å²) < 4.78 is 31.5. The quantitative estimate of drug-likeness (QED) is 0.620. The van der Waals surface area contributed by atoms with Crippen LogP contribution in [0.25, 0.3) is 0 Å². The second-order valence-corrected chi connectivity index (χ2v) is 4.78. The van der Waals surface area contributed by atoms with Crippen molar-refractivity contribution in [2.45, 2.75) is 18.8 Å². The van der Waals surface area contributed by atoms with Gasteiger partial charge in [0.05, 0.1) is 19.3 Å².